The summed E-state index contributed by atoms with van der Waals surface area (Å²) in [5.41, 5.74) is 0. The highest BCUT2D eigenvalue weighted by Crippen LogP contribution is 2.27. The van der Waals surface area contributed by atoms with Gasteiger partial charge >= 0.3 is 0 Å². The predicted octanol–water partition coefficient (Wildman–Crippen LogP) is 8.59. The lowest BCUT2D eigenvalue weighted by Gasteiger charge is -2.06. The van der Waals surface area contributed by atoms with Gasteiger partial charge in [-0.3, -0.25) is 0 Å². The van der Waals surface area contributed by atoms with Crippen molar-refractivity contribution < 1.29 is 0 Å². The molecule has 0 amide bonds. The van der Waals surface area contributed by atoms with E-state index in [4.69, 9.17) is 0 Å². The molecule has 0 saturated carbocycles. The van der Waals surface area contributed by atoms with Crippen LogP contribution in [0.3, 0.4) is 0 Å². The first-order chi connectivity index (χ1) is 11.9. The van der Waals surface area contributed by atoms with Crippen LogP contribution in [0, 0.1) is 0 Å². The molecule has 0 aliphatic carbocycles. The molecule has 0 N–H and O–H groups in total. The molecule has 0 spiro atoms. The Labute approximate surface area is 160 Å². The Morgan fingerprint density at radius 1 is 0.583 bits per heavy atom. The molecule has 0 aliphatic rings. The van der Waals surface area contributed by atoms with Gasteiger partial charge < -0.3 is 0 Å². The van der Waals surface area contributed by atoms with Gasteiger partial charge in [0.1, 0.15) is 0 Å². The van der Waals surface area contributed by atoms with E-state index in [1.165, 1.54) is 98.3 Å². The molecule has 0 bridgehead atoms. The highest BCUT2D eigenvalue weighted by Gasteiger charge is 1.99. The van der Waals surface area contributed by atoms with Crippen molar-refractivity contribution in [1.82, 2.24) is 0 Å². The smallest absolute Gasteiger partial charge is 0.00830 e. The number of benzene rings is 1. The van der Waals surface area contributed by atoms with E-state index in [-0.39, 0.29) is 0 Å². The second kappa shape index (κ2) is 16.4. The van der Waals surface area contributed by atoms with Crippen LogP contribution in [0.5, 0.6) is 0 Å². The molecule has 0 radical (unpaired) electrons. The van der Waals surface area contributed by atoms with Crippen LogP contribution < -0.4 is 0 Å². The lowest BCUT2D eigenvalue weighted by atomic mass is 10.1. The van der Waals surface area contributed by atoms with E-state index in [9.17, 15) is 0 Å². The summed E-state index contributed by atoms with van der Waals surface area (Å²) in [6.45, 7) is 4.57. The van der Waals surface area contributed by atoms with Gasteiger partial charge in [0.05, 0.1) is 0 Å². The monoisotopic (exact) mass is 366 g/mol. The predicted molar refractivity (Wildman–Crippen MR) is 115 cm³/mol. The molecule has 1 aromatic carbocycles. The highest BCUT2D eigenvalue weighted by molar-refractivity contribution is 8.00. The van der Waals surface area contributed by atoms with Crippen molar-refractivity contribution in [2.75, 3.05) is 11.5 Å². The molecule has 1 aromatic rings. The first-order valence-electron chi connectivity index (χ1n) is 10.2. The first-order valence-corrected chi connectivity index (χ1v) is 12.2. The first kappa shape index (κ1) is 22.0. The Kier molecular flexibility index (Phi) is 15.0. The summed E-state index contributed by atoms with van der Waals surface area (Å²) in [5, 5.41) is 0. The van der Waals surface area contributed by atoms with Crippen LogP contribution in [0.15, 0.2) is 34.1 Å². The van der Waals surface area contributed by atoms with Crippen LogP contribution in [-0.4, -0.2) is 11.5 Å². The molecule has 0 fully saturated rings. The van der Waals surface area contributed by atoms with Gasteiger partial charge in [-0.15, -0.1) is 23.5 Å². The maximum absolute atomic E-state index is 2.39. The van der Waals surface area contributed by atoms with E-state index in [2.05, 4.69) is 38.1 Å². The van der Waals surface area contributed by atoms with Crippen molar-refractivity contribution >= 4 is 23.5 Å². The lowest BCUT2D eigenvalue weighted by molar-refractivity contribution is 0.627. The van der Waals surface area contributed by atoms with Crippen molar-refractivity contribution in [3.8, 4) is 0 Å². The summed E-state index contributed by atoms with van der Waals surface area (Å²) in [7, 11) is 0. The minimum absolute atomic E-state index is 1.28. The van der Waals surface area contributed by atoms with Crippen molar-refractivity contribution in [1.29, 1.82) is 0 Å². The summed E-state index contributed by atoms with van der Waals surface area (Å²) < 4.78 is 0. The average Bonchev–Trinajstić information content (AvgIpc) is 2.60. The third kappa shape index (κ3) is 12.3. The van der Waals surface area contributed by atoms with E-state index in [0.717, 1.165) is 0 Å². The van der Waals surface area contributed by atoms with E-state index < -0.39 is 0 Å². The van der Waals surface area contributed by atoms with E-state index in [0.29, 0.717) is 0 Å². The standard InChI is InChI=1S/C22H38S2/c1-3-5-7-9-11-13-18-23-21-16-15-17-22(20-21)24-19-14-12-10-8-6-4-2/h15-17,20H,3-14,18-19H2,1-2H3. The van der Waals surface area contributed by atoms with Crippen molar-refractivity contribution in [2.24, 2.45) is 0 Å². The van der Waals surface area contributed by atoms with Gasteiger partial charge in [-0.1, -0.05) is 84.1 Å². The van der Waals surface area contributed by atoms with Crippen LogP contribution in [0.4, 0.5) is 0 Å². The minimum atomic E-state index is 1.28. The summed E-state index contributed by atoms with van der Waals surface area (Å²) in [4.78, 5) is 2.91. The summed E-state index contributed by atoms with van der Waals surface area (Å²) in [6, 6.07) is 9.17. The lowest BCUT2D eigenvalue weighted by Crippen LogP contribution is -1.84. The Bertz CT molecular complexity index is 356. The third-order valence-corrected chi connectivity index (χ3v) is 6.50. The number of hydrogen-bond acceptors (Lipinski definition) is 2. The largest absolute Gasteiger partial charge is 0.126 e. The van der Waals surface area contributed by atoms with Crippen LogP contribution in [0.25, 0.3) is 0 Å². The minimum Gasteiger partial charge on any atom is -0.126 e. The molecule has 0 atom stereocenters. The molecule has 0 saturated heterocycles. The summed E-state index contributed by atoms with van der Waals surface area (Å²) in [5.74, 6) is 2.55. The van der Waals surface area contributed by atoms with Crippen LogP contribution in [-0.2, 0) is 0 Å². The van der Waals surface area contributed by atoms with Crippen LogP contribution in [0.2, 0.25) is 0 Å². The van der Waals surface area contributed by atoms with E-state index in [1.54, 1.807) is 0 Å². The van der Waals surface area contributed by atoms with Gasteiger partial charge in [0.15, 0.2) is 0 Å². The fraction of sp³-hybridized carbons (Fsp3) is 0.727. The molecule has 2 heteroatoms. The second-order valence-corrected chi connectivity index (χ2v) is 9.04. The Hall–Kier alpha value is -0.0800. The zero-order valence-corrected chi connectivity index (χ0v) is 17.7. The molecule has 0 unspecified atom stereocenters. The normalized spacial score (nSPS) is 11.1. The van der Waals surface area contributed by atoms with Gasteiger partial charge in [-0.2, -0.15) is 0 Å². The Morgan fingerprint density at radius 2 is 1.00 bits per heavy atom. The quantitative estimate of drug-likeness (QED) is 0.212. The molecule has 24 heavy (non-hydrogen) atoms. The van der Waals surface area contributed by atoms with Gasteiger partial charge in [-0.05, 0) is 42.5 Å². The third-order valence-electron chi connectivity index (χ3n) is 4.34. The second-order valence-electron chi connectivity index (χ2n) is 6.71. The molecule has 0 aromatic heterocycles. The molecule has 1 rings (SSSR count). The Morgan fingerprint density at radius 3 is 1.46 bits per heavy atom. The molecule has 0 nitrogen and oxygen atoms in total. The maximum Gasteiger partial charge on any atom is 0.00830 e. The summed E-state index contributed by atoms with van der Waals surface area (Å²) >= 11 is 4.08. The maximum atomic E-state index is 2.39. The fourth-order valence-electron chi connectivity index (χ4n) is 2.80. The highest BCUT2D eigenvalue weighted by atomic mass is 32.2. The van der Waals surface area contributed by atoms with Gasteiger partial charge in [0.25, 0.3) is 0 Å². The van der Waals surface area contributed by atoms with E-state index in [1.807, 2.05) is 23.5 Å². The number of hydrogen-bond donors (Lipinski definition) is 0. The van der Waals surface area contributed by atoms with Gasteiger partial charge in [0.2, 0.25) is 0 Å². The van der Waals surface area contributed by atoms with Gasteiger partial charge in [0, 0.05) is 9.79 Å². The zero-order chi connectivity index (χ0) is 17.3. The molecular formula is C22H38S2. The molecule has 138 valence electrons. The van der Waals surface area contributed by atoms with Crippen molar-refractivity contribution in [3.63, 3.8) is 0 Å². The zero-order valence-electron chi connectivity index (χ0n) is 16.0. The SMILES string of the molecule is CCCCCCCCSc1cccc(SCCCCCCCC)c1. The van der Waals surface area contributed by atoms with Crippen LogP contribution >= 0.6 is 23.5 Å². The number of rotatable bonds is 16. The van der Waals surface area contributed by atoms with Crippen LogP contribution in [0.1, 0.15) is 90.9 Å². The fourth-order valence-corrected chi connectivity index (χ4v) is 4.81. The van der Waals surface area contributed by atoms with Crippen molar-refractivity contribution in [2.45, 2.75) is 101 Å². The molecule has 0 heterocycles. The average molecular weight is 367 g/mol. The van der Waals surface area contributed by atoms with E-state index >= 15 is 0 Å². The topological polar surface area (TPSA) is 0 Å². The Balaban J connectivity index is 2.08. The van der Waals surface area contributed by atoms with Crippen molar-refractivity contribution in [3.05, 3.63) is 24.3 Å². The molecular weight excluding hydrogens is 328 g/mol. The number of unbranched alkanes of at least 4 members (excludes halogenated alkanes) is 10. The van der Waals surface area contributed by atoms with Gasteiger partial charge in [-0.25, -0.2) is 0 Å². The molecule has 0 aliphatic heterocycles. The number of thioether (sulfide) groups is 2. The summed E-state index contributed by atoms with van der Waals surface area (Å²) in [6.07, 6.45) is 16.7.